The summed E-state index contributed by atoms with van der Waals surface area (Å²) >= 11 is 3.34. The van der Waals surface area contributed by atoms with Gasteiger partial charge < -0.3 is 19.6 Å². The van der Waals surface area contributed by atoms with E-state index >= 15 is 0 Å². The fraction of sp³-hybridized carbons (Fsp3) is 0.652. The van der Waals surface area contributed by atoms with Gasteiger partial charge in [-0.3, -0.25) is 9.59 Å². The second kappa shape index (κ2) is 10.6. The van der Waals surface area contributed by atoms with Gasteiger partial charge in [-0.05, 0) is 84.7 Å². The van der Waals surface area contributed by atoms with Crippen molar-refractivity contribution in [1.29, 1.82) is 0 Å². The van der Waals surface area contributed by atoms with Crippen molar-refractivity contribution in [3.8, 4) is 5.75 Å². The minimum atomic E-state index is -0.103. The highest BCUT2D eigenvalue weighted by Crippen LogP contribution is 2.28. The normalized spacial score (nSPS) is 20.2. The molecule has 30 heavy (non-hydrogen) atoms. The standard InChI is InChI=1S/C23H33BrN2O4/c1-16(13-18-3-4-21(27)20(24)14-18)23(29)26-11-7-19(8-12-26)25-9-5-17(6-10-25)15-22(28)30-2/h3-4,14,16-17,19,27H,5-13,15H2,1-2H3/t16-/m1/s1. The average molecular weight is 481 g/mol. The van der Waals surface area contributed by atoms with Crippen LogP contribution in [0, 0.1) is 11.8 Å². The van der Waals surface area contributed by atoms with Crippen molar-refractivity contribution in [3.05, 3.63) is 28.2 Å². The van der Waals surface area contributed by atoms with Gasteiger partial charge >= 0.3 is 5.97 Å². The zero-order chi connectivity index (χ0) is 21.7. The van der Waals surface area contributed by atoms with Gasteiger partial charge in [0, 0.05) is 31.5 Å². The summed E-state index contributed by atoms with van der Waals surface area (Å²) < 4.78 is 5.46. The fourth-order valence-electron chi connectivity index (χ4n) is 4.72. The number of benzene rings is 1. The first-order valence-corrected chi connectivity index (χ1v) is 11.7. The number of methoxy groups -OCH3 is 1. The molecule has 0 bridgehead atoms. The van der Waals surface area contributed by atoms with E-state index in [0.717, 1.165) is 57.4 Å². The first-order valence-electron chi connectivity index (χ1n) is 10.9. The number of likely N-dealkylation sites (tertiary alicyclic amines) is 2. The van der Waals surface area contributed by atoms with Gasteiger partial charge in [0.15, 0.2) is 0 Å². The summed E-state index contributed by atoms with van der Waals surface area (Å²) in [4.78, 5) is 29.0. The quantitative estimate of drug-likeness (QED) is 0.629. The second-order valence-corrected chi connectivity index (χ2v) is 9.56. The molecule has 0 radical (unpaired) electrons. The molecule has 2 heterocycles. The number of aromatic hydroxyl groups is 1. The predicted molar refractivity (Wildman–Crippen MR) is 119 cm³/mol. The van der Waals surface area contributed by atoms with Crippen LogP contribution in [-0.2, 0) is 20.7 Å². The van der Waals surface area contributed by atoms with E-state index in [9.17, 15) is 14.7 Å². The molecule has 2 aliphatic heterocycles. The Bertz CT molecular complexity index is 741. The Morgan fingerprint density at radius 3 is 2.43 bits per heavy atom. The Hall–Kier alpha value is -1.60. The Kier molecular flexibility index (Phi) is 8.17. The third kappa shape index (κ3) is 5.97. The largest absolute Gasteiger partial charge is 0.507 e. The number of ether oxygens (including phenoxy) is 1. The highest BCUT2D eigenvalue weighted by Gasteiger charge is 2.31. The number of carbonyl (C=O) groups excluding carboxylic acids is 2. The van der Waals surface area contributed by atoms with Crippen molar-refractivity contribution < 1.29 is 19.4 Å². The van der Waals surface area contributed by atoms with Gasteiger partial charge in [0.05, 0.1) is 11.6 Å². The minimum Gasteiger partial charge on any atom is -0.507 e. The summed E-state index contributed by atoms with van der Waals surface area (Å²) in [6.45, 7) is 5.69. The molecule has 166 valence electrons. The van der Waals surface area contributed by atoms with Gasteiger partial charge in [0.2, 0.25) is 5.91 Å². The van der Waals surface area contributed by atoms with Gasteiger partial charge in [-0.1, -0.05) is 13.0 Å². The number of piperidine rings is 2. The molecule has 1 aromatic rings. The number of rotatable bonds is 6. The highest BCUT2D eigenvalue weighted by molar-refractivity contribution is 9.10. The van der Waals surface area contributed by atoms with Gasteiger partial charge in [-0.15, -0.1) is 0 Å². The van der Waals surface area contributed by atoms with Crippen molar-refractivity contribution in [3.63, 3.8) is 0 Å². The van der Waals surface area contributed by atoms with E-state index in [0.29, 0.717) is 29.3 Å². The lowest BCUT2D eigenvalue weighted by molar-refractivity contribution is -0.142. The molecule has 7 heteroatoms. The van der Waals surface area contributed by atoms with Crippen LogP contribution in [0.4, 0.5) is 0 Å². The Balaban J connectivity index is 1.43. The van der Waals surface area contributed by atoms with E-state index in [1.54, 1.807) is 6.07 Å². The van der Waals surface area contributed by atoms with Crippen LogP contribution in [0.5, 0.6) is 5.75 Å². The first-order chi connectivity index (χ1) is 14.4. The summed E-state index contributed by atoms with van der Waals surface area (Å²) in [7, 11) is 1.46. The maximum atomic E-state index is 12.9. The highest BCUT2D eigenvalue weighted by atomic mass is 79.9. The SMILES string of the molecule is COC(=O)CC1CCN(C2CCN(C(=O)[C@H](C)Cc3ccc(O)c(Br)c3)CC2)CC1. The summed E-state index contributed by atoms with van der Waals surface area (Å²) in [6.07, 6.45) is 5.34. The molecule has 0 spiro atoms. The van der Waals surface area contributed by atoms with E-state index in [2.05, 4.69) is 20.8 Å². The van der Waals surface area contributed by atoms with Gasteiger partial charge in [-0.25, -0.2) is 0 Å². The molecule has 1 atom stereocenters. The molecule has 1 aromatic carbocycles. The Labute approximate surface area is 187 Å². The third-order valence-electron chi connectivity index (χ3n) is 6.60. The monoisotopic (exact) mass is 480 g/mol. The van der Waals surface area contributed by atoms with Gasteiger partial charge in [0.25, 0.3) is 0 Å². The van der Waals surface area contributed by atoms with Crippen molar-refractivity contribution >= 4 is 27.8 Å². The average Bonchev–Trinajstić information content (AvgIpc) is 2.76. The van der Waals surface area contributed by atoms with Crippen LogP contribution < -0.4 is 0 Å². The molecular weight excluding hydrogens is 448 g/mol. The molecule has 2 fully saturated rings. The number of esters is 1. The molecule has 1 amide bonds. The lowest BCUT2D eigenvalue weighted by Crippen LogP contribution is -2.50. The van der Waals surface area contributed by atoms with Crippen LogP contribution in [0.2, 0.25) is 0 Å². The Morgan fingerprint density at radius 1 is 1.17 bits per heavy atom. The second-order valence-electron chi connectivity index (χ2n) is 8.71. The van der Waals surface area contributed by atoms with Crippen molar-refractivity contribution in [2.45, 2.75) is 51.5 Å². The zero-order valence-electron chi connectivity index (χ0n) is 18.0. The number of phenolic OH excluding ortho intramolecular Hbond substituents is 1. The number of hydrogen-bond acceptors (Lipinski definition) is 5. The zero-order valence-corrected chi connectivity index (χ0v) is 19.6. The lowest BCUT2D eigenvalue weighted by Gasteiger charge is -2.42. The molecule has 0 saturated carbocycles. The summed E-state index contributed by atoms with van der Waals surface area (Å²) in [6, 6.07) is 5.96. The molecule has 0 aromatic heterocycles. The van der Waals surface area contributed by atoms with Crippen LogP contribution in [0.15, 0.2) is 22.7 Å². The lowest BCUT2D eigenvalue weighted by atomic mass is 9.91. The van der Waals surface area contributed by atoms with E-state index in [1.165, 1.54) is 7.11 Å². The van der Waals surface area contributed by atoms with Gasteiger partial charge in [-0.2, -0.15) is 0 Å². The number of halogens is 1. The molecule has 2 aliphatic rings. The van der Waals surface area contributed by atoms with Crippen molar-refractivity contribution in [2.24, 2.45) is 11.8 Å². The number of amides is 1. The predicted octanol–water partition coefficient (Wildman–Crippen LogP) is 3.60. The summed E-state index contributed by atoms with van der Waals surface area (Å²) in [5.41, 5.74) is 1.05. The van der Waals surface area contributed by atoms with Crippen LogP contribution in [-0.4, -0.2) is 66.1 Å². The van der Waals surface area contributed by atoms with Crippen LogP contribution in [0.1, 0.15) is 44.6 Å². The number of nitrogens with zero attached hydrogens (tertiary/aromatic N) is 2. The van der Waals surface area contributed by atoms with Crippen LogP contribution in [0.25, 0.3) is 0 Å². The summed E-state index contributed by atoms with van der Waals surface area (Å²) in [5.74, 6) is 0.695. The van der Waals surface area contributed by atoms with Crippen molar-refractivity contribution in [1.82, 2.24) is 9.80 Å². The van der Waals surface area contributed by atoms with E-state index < -0.39 is 0 Å². The maximum Gasteiger partial charge on any atom is 0.305 e. The minimum absolute atomic E-state index is 0.0768. The molecule has 0 unspecified atom stereocenters. The third-order valence-corrected chi connectivity index (χ3v) is 7.24. The number of phenols is 1. The first kappa shape index (κ1) is 23.1. The molecule has 3 rings (SSSR count). The number of hydrogen-bond donors (Lipinski definition) is 1. The summed E-state index contributed by atoms with van der Waals surface area (Å²) in [5, 5.41) is 9.64. The smallest absolute Gasteiger partial charge is 0.305 e. The topological polar surface area (TPSA) is 70.1 Å². The number of carbonyl (C=O) groups is 2. The van der Waals surface area contributed by atoms with Crippen LogP contribution >= 0.6 is 15.9 Å². The van der Waals surface area contributed by atoms with E-state index in [1.807, 2.05) is 24.0 Å². The van der Waals surface area contributed by atoms with E-state index in [-0.39, 0.29) is 23.5 Å². The van der Waals surface area contributed by atoms with E-state index in [4.69, 9.17) is 4.74 Å². The maximum absolute atomic E-state index is 12.9. The molecule has 1 N–H and O–H groups in total. The fourth-order valence-corrected chi connectivity index (χ4v) is 5.15. The van der Waals surface area contributed by atoms with Crippen molar-refractivity contribution in [2.75, 3.05) is 33.3 Å². The van der Waals surface area contributed by atoms with Gasteiger partial charge in [0.1, 0.15) is 5.75 Å². The Morgan fingerprint density at radius 2 is 1.83 bits per heavy atom. The molecular formula is C23H33BrN2O4. The van der Waals surface area contributed by atoms with Crippen LogP contribution in [0.3, 0.4) is 0 Å². The molecule has 2 saturated heterocycles. The molecule has 6 nitrogen and oxygen atoms in total. The molecule has 0 aliphatic carbocycles.